The zero-order valence-electron chi connectivity index (χ0n) is 15.5. The Morgan fingerprint density at radius 2 is 2.15 bits per heavy atom. The lowest BCUT2D eigenvalue weighted by Crippen LogP contribution is -2.32. The van der Waals surface area contributed by atoms with Crippen molar-refractivity contribution in [2.75, 3.05) is 11.9 Å². The van der Waals surface area contributed by atoms with Crippen molar-refractivity contribution in [3.8, 4) is 0 Å². The van der Waals surface area contributed by atoms with Gasteiger partial charge in [0.15, 0.2) is 5.58 Å². The van der Waals surface area contributed by atoms with Gasteiger partial charge in [-0.3, -0.25) is 9.59 Å². The summed E-state index contributed by atoms with van der Waals surface area (Å²) < 4.78 is 12.9. The van der Waals surface area contributed by atoms with Crippen LogP contribution >= 0.6 is 0 Å². The van der Waals surface area contributed by atoms with Crippen LogP contribution in [-0.2, 0) is 11.3 Å². The number of amides is 1. The van der Waals surface area contributed by atoms with Gasteiger partial charge < -0.3 is 19.0 Å². The molecule has 0 bridgehead atoms. The summed E-state index contributed by atoms with van der Waals surface area (Å²) in [7, 11) is 0. The number of carbonyl (C=O) groups excluding carboxylic acids is 1. The van der Waals surface area contributed by atoms with Crippen LogP contribution in [0, 0.1) is 13.8 Å². The molecule has 0 spiro atoms. The summed E-state index contributed by atoms with van der Waals surface area (Å²) in [6, 6.07) is 9.24. The minimum absolute atomic E-state index is 0.0289. The number of benzene rings is 1. The fourth-order valence-electron chi connectivity index (χ4n) is 3.57. The predicted molar refractivity (Wildman–Crippen MR) is 103 cm³/mol. The molecule has 3 heterocycles. The molecule has 1 fully saturated rings. The van der Waals surface area contributed by atoms with Gasteiger partial charge in [0.25, 0.3) is 11.5 Å². The van der Waals surface area contributed by atoms with Crippen LogP contribution in [0.3, 0.4) is 0 Å². The van der Waals surface area contributed by atoms with Crippen LogP contribution in [0.5, 0.6) is 0 Å². The number of rotatable bonds is 4. The van der Waals surface area contributed by atoms with Crippen LogP contribution in [0.4, 0.5) is 5.69 Å². The van der Waals surface area contributed by atoms with E-state index < -0.39 is 5.91 Å². The number of para-hydroxylation sites is 1. The second-order valence-corrected chi connectivity index (χ2v) is 7.00. The number of fused-ring (bicyclic) bond motifs is 1. The quantitative estimate of drug-likeness (QED) is 0.765. The van der Waals surface area contributed by atoms with E-state index in [4.69, 9.17) is 9.15 Å². The molecule has 1 aromatic carbocycles. The fraction of sp³-hybridized carbons (Fsp3) is 0.333. The summed E-state index contributed by atoms with van der Waals surface area (Å²) in [5.41, 5.74) is 1.65. The maximum atomic E-state index is 12.9. The zero-order valence-corrected chi connectivity index (χ0v) is 15.5. The van der Waals surface area contributed by atoms with Crippen LogP contribution in [0.1, 0.15) is 34.5 Å². The Bertz CT molecular complexity index is 1060. The summed E-state index contributed by atoms with van der Waals surface area (Å²) in [6.45, 7) is 4.82. The number of nitrogens with one attached hydrogen (secondary N) is 1. The lowest BCUT2D eigenvalue weighted by molar-refractivity contribution is 0.0952. The average molecular weight is 366 g/mol. The van der Waals surface area contributed by atoms with E-state index in [1.165, 1.54) is 0 Å². The molecule has 1 unspecified atom stereocenters. The van der Waals surface area contributed by atoms with Crippen LogP contribution in [0.2, 0.25) is 0 Å². The van der Waals surface area contributed by atoms with E-state index in [1.807, 2.05) is 25.1 Å². The molecule has 140 valence electrons. The Hall–Kier alpha value is -2.86. The largest absolute Gasteiger partial charge is 0.459 e. The van der Waals surface area contributed by atoms with Crippen LogP contribution in [0.15, 0.2) is 45.7 Å². The van der Waals surface area contributed by atoms with Gasteiger partial charge in [0.2, 0.25) is 0 Å². The van der Waals surface area contributed by atoms with E-state index >= 15 is 0 Å². The minimum Gasteiger partial charge on any atom is -0.459 e. The molecule has 0 saturated carbocycles. The van der Waals surface area contributed by atoms with Gasteiger partial charge in [-0.2, -0.15) is 0 Å². The fourth-order valence-corrected chi connectivity index (χ4v) is 3.57. The molecule has 2 aromatic heterocycles. The van der Waals surface area contributed by atoms with Gasteiger partial charge in [-0.05, 0) is 50.5 Å². The number of aromatic nitrogens is 1. The topological polar surface area (TPSA) is 73.5 Å². The number of pyridine rings is 1. The first-order valence-corrected chi connectivity index (χ1v) is 9.15. The van der Waals surface area contributed by atoms with Crippen LogP contribution in [0.25, 0.3) is 11.0 Å². The number of ether oxygens (including phenoxy) is 1. The maximum absolute atomic E-state index is 12.9. The second-order valence-electron chi connectivity index (χ2n) is 7.00. The predicted octanol–water partition coefficient (Wildman–Crippen LogP) is 3.64. The molecular weight excluding hydrogens is 344 g/mol. The molecule has 1 N–H and O–H groups in total. The van der Waals surface area contributed by atoms with Crippen molar-refractivity contribution < 1.29 is 13.9 Å². The van der Waals surface area contributed by atoms with E-state index in [9.17, 15) is 9.59 Å². The zero-order chi connectivity index (χ0) is 19.0. The smallest absolute Gasteiger partial charge is 0.263 e. The molecule has 27 heavy (non-hydrogen) atoms. The Morgan fingerprint density at radius 1 is 1.30 bits per heavy atom. The molecule has 0 aliphatic carbocycles. The third kappa shape index (κ3) is 3.40. The molecular formula is C21H22N2O4. The van der Waals surface area contributed by atoms with Gasteiger partial charge in [-0.25, -0.2) is 0 Å². The molecule has 6 heteroatoms. The van der Waals surface area contributed by atoms with Crippen molar-refractivity contribution in [2.24, 2.45) is 0 Å². The molecule has 1 amide bonds. The third-order valence-corrected chi connectivity index (χ3v) is 4.94. The van der Waals surface area contributed by atoms with Crippen molar-refractivity contribution in [3.63, 3.8) is 0 Å². The van der Waals surface area contributed by atoms with Gasteiger partial charge in [-0.15, -0.1) is 0 Å². The van der Waals surface area contributed by atoms with E-state index in [0.29, 0.717) is 23.4 Å². The summed E-state index contributed by atoms with van der Waals surface area (Å²) in [6.07, 6.45) is 3.70. The minimum atomic E-state index is -0.430. The molecule has 0 radical (unpaired) electrons. The van der Waals surface area contributed by atoms with E-state index in [2.05, 4.69) is 5.32 Å². The Kier molecular flexibility index (Phi) is 4.58. The number of hydrogen-bond acceptors (Lipinski definition) is 4. The molecule has 1 aliphatic rings. The Balaban J connectivity index is 1.65. The third-order valence-electron chi connectivity index (χ3n) is 4.94. The molecule has 3 aromatic rings. The van der Waals surface area contributed by atoms with Gasteiger partial charge in [0.1, 0.15) is 11.3 Å². The highest BCUT2D eigenvalue weighted by atomic mass is 16.5. The highest BCUT2D eigenvalue weighted by molar-refractivity contribution is 6.08. The normalized spacial score (nSPS) is 16.7. The summed E-state index contributed by atoms with van der Waals surface area (Å²) >= 11 is 0. The molecule has 1 saturated heterocycles. The van der Waals surface area contributed by atoms with Crippen molar-refractivity contribution >= 4 is 22.6 Å². The maximum Gasteiger partial charge on any atom is 0.263 e. The standard InChI is InChI=1S/C21H22N2O4/c1-13-8-9-23(12-16-6-4-10-26-16)21(25)18(13)20(24)22-17-7-3-5-15-11-14(2)27-19(15)17/h3,5,7-9,11,16H,4,6,10,12H2,1-2H3,(H,22,24). The first-order chi connectivity index (χ1) is 13.0. The highest BCUT2D eigenvalue weighted by Crippen LogP contribution is 2.27. The Labute approximate surface area is 156 Å². The molecule has 4 rings (SSSR count). The number of anilines is 1. The summed E-state index contributed by atoms with van der Waals surface area (Å²) in [5.74, 6) is 0.335. The van der Waals surface area contributed by atoms with Gasteiger partial charge in [0, 0.05) is 18.2 Å². The van der Waals surface area contributed by atoms with Crippen molar-refractivity contribution in [2.45, 2.75) is 39.3 Å². The SMILES string of the molecule is Cc1cc2cccc(NC(=O)c3c(C)ccn(CC4CCCO4)c3=O)c2o1. The van der Waals surface area contributed by atoms with Gasteiger partial charge >= 0.3 is 0 Å². The number of aryl methyl sites for hydroxylation is 2. The van der Waals surface area contributed by atoms with E-state index in [-0.39, 0.29) is 17.2 Å². The summed E-state index contributed by atoms with van der Waals surface area (Å²) in [4.78, 5) is 25.8. The van der Waals surface area contributed by atoms with E-state index in [1.54, 1.807) is 29.8 Å². The van der Waals surface area contributed by atoms with Crippen molar-refractivity contribution in [3.05, 3.63) is 63.8 Å². The first-order valence-electron chi connectivity index (χ1n) is 9.15. The van der Waals surface area contributed by atoms with Crippen LogP contribution in [-0.4, -0.2) is 23.2 Å². The lowest BCUT2D eigenvalue weighted by atomic mass is 10.1. The molecule has 1 atom stereocenters. The monoisotopic (exact) mass is 366 g/mol. The van der Waals surface area contributed by atoms with Crippen molar-refractivity contribution in [1.29, 1.82) is 0 Å². The highest BCUT2D eigenvalue weighted by Gasteiger charge is 2.21. The average Bonchev–Trinajstić information content (AvgIpc) is 3.26. The van der Waals surface area contributed by atoms with Crippen LogP contribution < -0.4 is 10.9 Å². The lowest BCUT2D eigenvalue weighted by Gasteiger charge is -2.14. The second kappa shape index (κ2) is 7.04. The van der Waals surface area contributed by atoms with E-state index in [0.717, 1.165) is 30.6 Å². The number of furan rings is 1. The van der Waals surface area contributed by atoms with Gasteiger partial charge in [-0.1, -0.05) is 12.1 Å². The van der Waals surface area contributed by atoms with Gasteiger partial charge in [0.05, 0.1) is 18.3 Å². The molecule has 6 nitrogen and oxygen atoms in total. The first kappa shape index (κ1) is 17.5. The number of hydrogen-bond donors (Lipinski definition) is 1. The number of carbonyl (C=O) groups is 1. The van der Waals surface area contributed by atoms with Crippen molar-refractivity contribution in [1.82, 2.24) is 4.57 Å². The Morgan fingerprint density at radius 3 is 2.93 bits per heavy atom. The molecule has 1 aliphatic heterocycles. The summed E-state index contributed by atoms with van der Waals surface area (Å²) in [5, 5.41) is 3.75. The number of nitrogens with zero attached hydrogens (tertiary/aromatic N) is 1.